The van der Waals surface area contributed by atoms with Gasteiger partial charge in [-0.1, -0.05) is 11.6 Å². The second kappa shape index (κ2) is 6.11. The first kappa shape index (κ1) is 14.6. The minimum absolute atomic E-state index is 0.0686. The fraction of sp³-hybridized carbons (Fsp3) is 0.385. The normalized spacial score (nSPS) is 18.9. The molecule has 1 atom stereocenters. The molecule has 1 amide bonds. The molecule has 1 aromatic carbocycles. The third-order valence-electron chi connectivity index (χ3n) is 3.17. The summed E-state index contributed by atoms with van der Waals surface area (Å²) in [5.74, 6) is -1.51. The molecule has 1 heterocycles. The first-order valence-corrected chi connectivity index (χ1v) is 6.52. The molecule has 108 valence electrons. The van der Waals surface area contributed by atoms with Crippen LogP contribution in [0.5, 0.6) is 0 Å². The van der Waals surface area contributed by atoms with Crippen LogP contribution in [-0.4, -0.2) is 42.8 Å². The van der Waals surface area contributed by atoms with E-state index in [1.807, 2.05) is 4.90 Å². The first-order valence-electron chi connectivity index (χ1n) is 6.14. The van der Waals surface area contributed by atoms with E-state index in [-0.39, 0.29) is 18.0 Å². The molecular formula is C13H15ClN2O4. The lowest BCUT2D eigenvalue weighted by atomic mass is 10.1. The minimum Gasteiger partial charge on any atom is -0.481 e. The molecule has 0 bridgehead atoms. The van der Waals surface area contributed by atoms with Crippen LogP contribution in [0.4, 0.5) is 5.69 Å². The molecule has 0 saturated carbocycles. The van der Waals surface area contributed by atoms with Gasteiger partial charge in [-0.25, -0.2) is 0 Å². The fourth-order valence-electron chi connectivity index (χ4n) is 2.30. The zero-order valence-corrected chi connectivity index (χ0v) is 11.5. The Morgan fingerprint density at radius 1 is 1.50 bits per heavy atom. The Balaban J connectivity index is 2.36. The molecule has 1 unspecified atom stereocenters. The summed E-state index contributed by atoms with van der Waals surface area (Å²) in [6.45, 7) is 1.27. The summed E-state index contributed by atoms with van der Waals surface area (Å²) in [5, 5.41) is 9.37. The number of benzene rings is 1. The monoisotopic (exact) mass is 298 g/mol. The SMILES string of the molecule is NC(=O)c1cc(Cl)ccc1N1CCOCC1CC(=O)O. The van der Waals surface area contributed by atoms with E-state index in [9.17, 15) is 9.59 Å². The largest absolute Gasteiger partial charge is 0.481 e. The van der Waals surface area contributed by atoms with Gasteiger partial charge in [-0.2, -0.15) is 0 Å². The van der Waals surface area contributed by atoms with Crippen LogP contribution in [0.25, 0.3) is 0 Å². The fourth-order valence-corrected chi connectivity index (χ4v) is 2.47. The molecule has 1 aliphatic heterocycles. The maximum absolute atomic E-state index is 11.5. The van der Waals surface area contributed by atoms with Crippen LogP contribution in [-0.2, 0) is 9.53 Å². The van der Waals surface area contributed by atoms with Gasteiger partial charge in [0.1, 0.15) is 0 Å². The van der Waals surface area contributed by atoms with Crippen LogP contribution >= 0.6 is 11.6 Å². The summed E-state index contributed by atoms with van der Waals surface area (Å²) in [5.41, 5.74) is 6.25. The number of amides is 1. The van der Waals surface area contributed by atoms with Gasteiger partial charge in [0.2, 0.25) is 0 Å². The van der Waals surface area contributed by atoms with Crippen molar-refractivity contribution in [1.29, 1.82) is 0 Å². The number of hydrogen-bond donors (Lipinski definition) is 2. The topological polar surface area (TPSA) is 92.9 Å². The first-order chi connectivity index (χ1) is 9.49. The number of ether oxygens (including phenoxy) is 1. The lowest BCUT2D eigenvalue weighted by Gasteiger charge is -2.37. The lowest BCUT2D eigenvalue weighted by molar-refractivity contribution is -0.138. The minimum atomic E-state index is -0.917. The van der Waals surface area contributed by atoms with Crippen molar-refractivity contribution in [3.05, 3.63) is 28.8 Å². The van der Waals surface area contributed by atoms with Gasteiger partial charge in [0, 0.05) is 11.6 Å². The highest BCUT2D eigenvalue weighted by Crippen LogP contribution is 2.28. The third-order valence-corrected chi connectivity index (χ3v) is 3.41. The highest BCUT2D eigenvalue weighted by Gasteiger charge is 2.28. The number of morpholine rings is 1. The van der Waals surface area contributed by atoms with E-state index in [1.54, 1.807) is 12.1 Å². The van der Waals surface area contributed by atoms with E-state index < -0.39 is 11.9 Å². The average Bonchev–Trinajstić information content (AvgIpc) is 2.39. The van der Waals surface area contributed by atoms with Crippen LogP contribution in [0.2, 0.25) is 5.02 Å². The zero-order chi connectivity index (χ0) is 14.7. The quantitative estimate of drug-likeness (QED) is 0.869. The van der Waals surface area contributed by atoms with Gasteiger partial charge in [-0.3, -0.25) is 9.59 Å². The Hall–Kier alpha value is -1.79. The Labute approximate surface area is 121 Å². The second-order valence-electron chi connectivity index (χ2n) is 4.55. The molecule has 7 heteroatoms. The summed E-state index contributed by atoms with van der Waals surface area (Å²) in [4.78, 5) is 24.3. The van der Waals surface area contributed by atoms with E-state index in [4.69, 9.17) is 27.2 Å². The maximum Gasteiger partial charge on any atom is 0.305 e. The van der Waals surface area contributed by atoms with E-state index in [1.165, 1.54) is 6.07 Å². The van der Waals surface area contributed by atoms with Crippen LogP contribution in [0.3, 0.4) is 0 Å². The zero-order valence-electron chi connectivity index (χ0n) is 10.7. The maximum atomic E-state index is 11.5. The molecular weight excluding hydrogens is 284 g/mol. The molecule has 1 aliphatic rings. The number of nitrogens with two attached hydrogens (primary N) is 1. The van der Waals surface area contributed by atoms with Crippen molar-refractivity contribution < 1.29 is 19.4 Å². The Morgan fingerprint density at radius 3 is 2.90 bits per heavy atom. The van der Waals surface area contributed by atoms with Crippen molar-refractivity contribution in [2.45, 2.75) is 12.5 Å². The van der Waals surface area contributed by atoms with Gasteiger partial charge in [0.15, 0.2) is 0 Å². The second-order valence-corrected chi connectivity index (χ2v) is 4.98. The van der Waals surface area contributed by atoms with Gasteiger partial charge >= 0.3 is 5.97 Å². The summed E-state index contributed by atoms with van der Waals surface area (Å²) >= 11 is 5.88. The number of carbonyl (C=O) groups excluding carboxylic acids is 1. The average molecular weight is 299 g/mol. The smallest absolute Gasteiger partial charge is 0.305 e. The number of carbonyl (C=O) groups is 2. The number of nitrogens with zero attached hydrogens (tertiary/aromatic N) is 1. The predicted molar refractivity (Wildman–Crippen MR) is 74.2 cm³/mol. The van der Waals surface area contributed by atoms with E-state index >= 15 is 0 Å². The summed E-state index contributed by atoms with van der Waals surface area (Å²) < 4.78 is 5.31. The summed E-state index contributed by atoms with van der Waals surface area (Å²) in [7, 11) is 0. The van der Waals surface area contributed by atoms with Crippen LogP contribution < -0.4 is 10.6 Å². The summed E-state index contributed by atoms with van der Waals surface area (Å²) in [6.07, 6.45) is -0.0686. The Morgan fingerprint density at radius 2 is 2.25 bits per heavy atom. The van der Waals surface area contributed by atoms with E-state index in [0.717, 1.165) is 0 Å². The number of rotatable bonds is 4. The molecule has 1 aromatic rings. The molecule has 1 fully saturated rings. The Kier molecular flexibility index (Phi) is 4.46. The predicted octanol–water partition coefficient (Wildman–Crippen LogP) is 1.12. The number of carboxylic acids is 1. The van der Waals surface area contributed by atoms with Crippen molar-refractivity contribution in [2.75, 3.05) is 24.7 Å². The highest BCUT2D eigenvalue weighted by molar-refractivity contribution is 6.31. The number of primary amides is 1. The lowest BCUT2D eigenvalue weighted by Crippen LogP contribution is -2.47. The van der Waals surface area contributed by atoms with Gasteiger partial charge in [0.05, 0.1) is 36.9 Å². The molecule has 1 saturated heterocycles. The van der Waals surface area contributed by atoms with E-state index in [0.29, 0.717) is 30.5 Å². The van der Waals surface area contributed by atoms with Crippen molar-refractivity contribution in [1.82, 2.24) is 0 Å². The van der Waals surface area contributed by atoms with Crippen molar-refractivity contribution in [3.8, 4) is 0 Å². The Bertz CT molecular complexity index is 535. The molecule has 0 spiro atoms. The molecule has 0 aliphatic carbocycles. The molecule has 20 heavy (non-hydrogen) atoms. The number of aliphatic carboxylic acids is 1. The van der Waals surface area contributed by atoms with Crippen molar-refractivity contribution in [2.24, 2.45) is 5.73 Å². The van der Waals surface area contributed by atoms with Gasteiger partial charge < -0.3 is 20.5 Å². The number of hydrogen-bond acceptors (Lipinski definition) is 4. The highest BCUT2D eigenvalue weighted by atomic mass is 35.5. The van der Waals surface area contributed by atoms with Crippen LogP contribution in [0, 0.1) is 0 Å². The van der Waals surface area contributed by atoms with Gasteiger partial charge in [0.25, 0.3) is 5.91 Å². The summed E-state index contributed by atoms with van der Waals surface area (Å²) in [6, 6.07) is 4.49. The molecule has 2 rings (SSSR count). The van der Waals surface area contributed by atoms with Gasteiger partial charge in [-0.15, -0.1) is 0 Å². The molecule has 0 radical (unpaired) electrons. The number of carboxylic acid groups (broad SMARTS) is 1. The van der Waals surface area contributed by atoms with Crippen LogP contribution in [0.15, 0.2) is 18.2 Å². The molecule has 3 N–H and O–H groups in total. The third kappa shape index (κ3) is 3.20. The van der Waals surface area contributed by atoms with Crippen molar-refractivity contribution in [3.63, 3.8) is 0 Å². The van der Waals surface area contributed by atoms with Crippen molar-refractivity contribution >= 4 is 29.2 Å². The molecule has 6 nitrogen and oxygen atoms in total. The van der Waals surface area contributed by atoms with E-state index in [2.05, 4.69) is 0 Å². The molecule has 0 aromatic heterocycles. The van der Waals surface area contributed by atoms with Crippen LogP contribution in [0.1, 0.15) is 16.8 Å². The number of anilines is 1. The standard InChI is InChI=1S/C13H15ClN2O4/c14-8-1-2-11(10(5-8)13(15)19)16-3-4-20-7-9(16)6-12(17)18/h1-2,5,9H,3-4,6-7H2,(H2,15,19)(H,17,18). The number of halogens is 1. The van der Waals surface area contributed by atoms with Gasteiger partial charge in [-0.05, 0) is 18.2 Å².